The Labute approximate surface area is 156 Å². The third-order valence-electron chi connectivity index (χ3n) is 4.39. The quantitative estimate of drug-likeness (QED) is 0.543. The van der Waals surface area contributed by atoms with Gasteiger partial charge in [-0.1, -0.05) is 42.5 Å². The fourth-order valence-electron chi connectivity index (χ4n) is 2.68. The molecule has 0 aliphatic carbocycles. The Balaban J connectivity index is 2.07. The molecule has 0 saturated heterocycles. The van der Waals surface area contributed by atoms with E-state index in [1.807, 2.05) is 0 Å². The molecule has 0 bridgehead atoms. The van der Waals surface area contributed by atoms with Crippen molar-refractivity contribution in [3.05, 3.63) is 70.3 Å². The van der Waals surface area contributed by atoms with E-state index >= 15 is 0 Å². The lowest BCUT2D eigenvalue weighted by atomic mass is 9.82. The minimum atomic E-state index is -1.28. The molecule has 8 heteroatoms. The van der Waals surface area contributed by atoms with E-state index in [-0.39, 0.29) is 18.8 Å². The molecule has 2 aromatic carbocycles. The van der Waals surface area contributed by atoms with Crippen molar-refractivity contribution < 1.29 is 19.6 Å². The van der Waals surface area contributed by atoms with E-state index in [0.29, 0.717) is 11.3 Å². The molecule has 27 heavy (non-hydrogen) atoms. The lowest BCUT2D eigenvalue weighted by Gasteiger charge is -2.26. The van der Waals surface area contributed by atoms with E-state index < -0.39 is 22.2 Å². The Kier molecular flexibility index (Phi) is 6.12. The Morgan fingerprint density at radius 2 is 1.74 bits per heavy atom. The number of para-hydroxylation sites is 2. The first-order valence-corrected chi connectivity index (χ1v) is 8.26. The van der Waals surface area contributed by atoms with Gasteiger partial charge in [-0.05, 0) is 18.6 Å². The molecule has 0 aromatic heterocycles. The first kappa shape index (κ1) is 19.9. The summed E-state index contributed by atoms with van der Waals surface area (Å²) >= 11 is 0. The number of nitro groups is 1. The number of amides is 1. The highest BCUT2D eigenvalue weighted by Gasteiger charge is 2.35. The molecule has 0 aliphatic rings. The number of aliphatic carboxylic acids is 1. The van der Waals surface area contributed by atoms with E-state index in [1.165, 1.54) is 17.9 Å². The molecule has 2 N–H and O–H groups in total. The largest absolute Gasteiger partial charge is 0.481 e. The molecule has 0 aliphatic heterocycles. The van der Waals surface area contributed by atoms with Crippen LogP contribution in [0.2, 0.25) is 0 Å². The lowest BCUT2D eigenvalue weighted by molar-refractivity contribution is -0.384. The Morgan fingerprint density at radius 1 is 1.15 bits per heavy atom. The van der Waals surface area contributed by atoms with Crippen molar-refractivity contribution in [2.45, 2.75) is 12.3 Å². The van der Waals surface area contributed by atoms with E-state index in [0.717, 1.165) is 0 Å². The molecule has 1 atom stereocenters. The number of rotatable bonds is 8. The van der Waals surface area contributed by atoms with E-state index in [4.69, 9.17) is 0 Å². The van der Waals surface area contributed by atoms with Gasteiger partial charge in [-0.2, -0.15) is 0 Å². The number of hydrogen-bond donors (Lipinski definition) is 2. The van der Waals surface area contributed by atoms with Crippen LogP contribution >= 0.6 is 0 Å². The van der Waals surface area contributed by atoms with Gasteiger partial charge in [-0.3, -0.25) is 19.7 Å². The van der Waals surface area contributed by atoms with Gasteiger partial charge in [0.05, 0.1) is 11.5 Å². The SMILES string of the molecule is CN(CC(=O)NCC(C)(C(=O)O)c1ccccc1)c1ccccc1[N+](=O)[O-]. The predicted molar refractivity (Wildman–Crippen MR) is 101 cm³/mol. The number of carboxylic acid groups (broad SMARTS) is 1. The van der Waals surface area contributed by atoms with Crippen LogP contribution in [-0.4, -0.2) is 42.0 Å². The molecule has 0 spiro atoms. The maximum atomic E-state index is 12.3. The maximum absolute atomic E-state index is 12.3. The summed E-state index contributed by atoms with van der Waals surface area (Å²) in [6, 6.07) is 14.8. The molecular weight excluding hydrogens is 350 g/mol. The third kappa shape index (κ3) is 4.60. The number of hydrogen-bond acceptors (Lipinski definition) is 5. The summed E-state index contributed by atoms with van der Waals surface area (Å²) in [6.45, 7) is 1.29. The van der Waals surface area contributed by atoms with E-state index in [2.05, 4.69) is 5.32 Å². The summed E-state index contributed by atoms with van der Waals surface area (Å²) < 4.78 is 0. The van der Waals surface area contributed by atoms with Crippen LogP contribution in [0, 0.1) is 10.1 Å². The highest BCUT2D eigenvalue weighted by atomic mass is 16.6. The molecule has 8 nitrogen and oxygen atoms in total. The van der Waals surface area contributed by atoms with Crippen LogP contribution in [-0.2, 0) is 15.0 Å². The average Bonchev–Trinajstić information content (AvgIpc) is 2.66. The summed E-state index contributed by atoms with van der Waals surface area (Å²) in [4.78, 5) is 36.1. The summed E-state index contributed by atoms with van der Waals surface area (Å²) in [5.74, 6) is -1.49. The van der Waals surface area contributed by atoms with Crippen molar-refractivity contribution in [3.63, 3.8) is 0 Å². The van der Waals surface area contributed by atoms with Crippen molar-refractivity contribution in [2.24, 2.45) is 0 Å². The molecular formula is C19H21N3O5. The van der Waals surface area contributed by atoms with E-state index in [1.54, 1.807) is 55.6 Å². The number of carbonyl (C=O) groups excluding carboxylic acids is 1. The van der Waals surface area contributed by atoms with Gasteiger partial charge in [-0.15, -0.1) is 0 Å². The molecule has 142 valence electrons. The van der Waals surface area contributed by atoms with Crippen molar-refractivity contribution >= 4 is 23.3 Å². The van der Waals surface area contributed by atoms with Crippen LogP contribution in [0.1, 0.15) is 12.5 Å². The number of nitrogens with one attached hydrogen (secondary N) is 1. The molecule has 0 saturated carbocycles. The van der Waals surface area contributed by atoms with Crippen molar-refractivity contribution in [3.8, 4) is 0 Å². The fourth-order valence-corrected chi connectivity index (χ4v) is 2.68. The van der Waals surface area contributed by atoms with Crippen LogP contribution in [0.3, 0.4) is 0 Å². The molecule has 2 rings (SSSR count). The molecule has 0 fully saturated rings. The minimum Gasteiger partial charge on any atom is -0.481 e. The Hall–Kier alpha value is -3.42. The fraction of sp³-hybridized carbons (Fsp3) is 0.263. The van der Waals surface area contributed by atoms with Crippen LogP contribution < -0.4 is 10.2 Å². The van der Waals surface area contributed by atoms with Crippen LogP contribution in [0.15, 0.2) is 54.6 Å². The normalized spacial score (nSPS) is 12.7. The van der Waals surface area contributed by atoms with Crippen LogP contribution in [0.5, 0.6) is 0 Å². The molecule has 0 radical (unpaired) electrons. The van der Waals surface area contributed by atoms with Gasteiger partial charge in [-0.25, -0.2) is 0 Å². The number of anilines is 1. The number of nitrogens with zero attached hydrogens (tertiary/aromatic N) is 2. The average molecular weight is 371 g/mol. The molecule has 0 heterocycles. The van der Waals surface area contributed by atoms with Gasteiger partial charge in [0.2, 0.25) is 5.91 Å². The van der Waals surface area contributed by atoms with E-state index in [9.17, 15) is 24.8 Å². The molecule has 2 aromatic rings. The highest BCUT2D eigenvalue weighted by Crippen LogP contribution is 2.26. The summed E-state index contributed by atoms with van der Waals surface area (Å²) in [5.41, 5.74) is -0.507. The first-order chi connectivity index (χ1) is 12.8. The molecule has 1 unspecified atom stereocenters. The maximum Gasteiger partial charge on any atom is 0.315 e. The number of nitro benzene ring substituents is 1. The number of carbonyl (C=O) groups is 2. The second-order valence-corrected chi connectivity index (χ2v) is 6.38. The second kappa shape index (κ2) is 8.31. The Morgan fingerprint density at radius 3 is 2.33 bits per heavy atom. The zero-order valence-electron chi connectivity index (χ0n) is 15.1. The van der Waals surface area contributed by atoms with Gasteiger partial charge in [0.15, 0.2) is 0 Å². The van der Waals surface area contributed by atoms with Crippen molar-refractivity contribution in [2.75, 3.05) is 25.0 Å². The summed E-state index contributed by atoms with van der Waals surface area (Å²) in [7, 11) is 1.56. The van der Waals surface area contributed by atoms with Gasteiger partial charge in [0.1, 0.15) is 11.1 Å². The zero-order chi connectivity index (χ0) is 20.0. The number of carboxylic acids is 1. The van der Waals surface area contributed by atoms with Gasteiger partial charge >= 0.3 is 5.97 Å². The van der Waals surface area contributed by atoms with Crippen LogP contribution in [0.4, 0.5) is 11.4 Å². The molecule has 1 amide bonds. The number of benzene rings is 2. The highest BCUT2D eigenvalue weighted by molar-refractivity contribution is 5.85. The van der Waals surface area contributed by atoms with Gasteiger partial charge in [0.25, 0.3) is 5.69 Å². The third-order valence-corrected chi connectivity index (χ3v) is 4.39. The van der Waals surface area contributed by atoms with Crippen molar-refractivity contribution in [1.29, 1.82) is 0 Å². The van der Waals surface area contributed by atoms with Gasteiger partial charge < -0.3 is 15.3 Å². The minimum absolute atomic E-state index is 0.101. The lowest BCUT2D eigenvalue weighted by Crippen LogP contribution is -2.46. The van der Waals surface area contributed by atoms with Crippen molar-refractivity contribution in [1.82, 2.24) is 5.32 Å². The smallest absolute Gasteiger partial charge is 0.315 e. The Bertz CT molecular complexity index is 840. The first-order valence-electron chi connectivity index (χ1n) is 8.26. The predicted octanol–water partition coefficient (Wildman–Crippen LogP) is 2.19. The van der Waals surface area contributed by atoms with Crippen LogP contribution in [0.25, 0.3) is 0 Å². The summed E-state index contributed by atoms with van der Waals surface area (Å²) in [5, 5.41) is 23.4. The second-order valence-electron chi connectivity index (χ2n) is 6.38. The number of likely N-dealkylation sites (N-methyl/N-ethyl adjacent to an activating group) is 1. The standard InChI is InChI=1S/C19H21N3O5/c1-19(18(24)25,14-8-4-3-5-9-14)13-20-17(23)12-21(2)15-10-6-7-11-16(15)22(26)27/h3-11H,12-13H2,1-2H3,(H,20,23)(H,24,25). The topological polar surface area (TPSA) is 113 Å². The summed E-state index contributed by atoms with van der Waals surface area (Å²) in [6.07, 6.45) is 0. The van der Waals surface area contributed by atoms with Gasteiger partial charge in [0, 0.05) is 19.7 Å². The zero-order valence-corrected chi connectivity index (χ0v) is 15.1. The monoisotopic (exact) mass is 371 g/mol.